The molecule has 0 saturated heterocycles. The maximum absolute atomic E-state index is 15.2. The molecule has 0 aliphatic rings. The van der Waals surface area contributed by atoms with Crippen molar-refractivity contribution in [2.75, 3.05) is 24.9 Å². The summed E-state index contributed by atoms with van der Waals surface area (Å²) in [6.07, 6.45) is 4.74. The van der Waals surface area contributed by atoms with Gasteiger partial charge in [-0.3, -0.25) is 38.5 Å². The minimum Gasteiger partial charge on any atom is -0.497 e. The van der Waals surface area contributed by atoms with Gasteiger partial charge in [0.15, 0.2) is 11.6 Å². The number of nitrogens with zero attached hydrogens (tertiary/aromatic N) is 7. The van der Waals surface area contributed by atoms with Crippen LogP contribution >= 0.6 is 0 Å². The highest BCUT2D eigenvalue weighted by atomic mass is 19.1. The first-order valence-electron chi connectivity index (χ1n) is 26.9. The first kappa shape index (κ1) is 55.5. The van der Waals surface area contributed by atoms with Crippen LogP contribution in [-0.4, -0.2) is 59.7 Å². The number of nitrogens with one attached hydrogen (secondary N) is 2. The van der Waals surface area contributed by atoms with Gasteiger partial charge in [0.1, 0.15) is 45.7 Å². The summed E-state index contributed by atoms with van der Waals surface area (Å²) in [6.45, 7) is 4.30. The Morgan fingerprint density at radius 3 is 1.40 bits per heavy atom. The van der Waals surface area contributed by atoms with E-state index in [0.29, 0.717) is 75.5 Å². The number of benzene rings is 7. The molecule has 0 aliphatic carbocycles. The van der Waals surface area contributed by atoms with E-state index in [1.54, 1.807) is 99.7 Å². The number of fused-ring (bicyclic) bond motifs is 2. The number of ether oxygens (including phenoxy) is 4. The molecule has 0 atom stereocenters. The molecule has 7 aromatic carbocycles. The van der Waals surface area contributed by atoms with Crippen molar-refractivity contribution < 1.29 is 32.9 Å². The number of pyridine rings is 3. The van der Waals surface area contributed by atoms with Gasteiger partial charge in [0.05, 0.1) is 67.3 Å². The first-order chi connectivity index (χ1) is 41.4. The number of rotatable bonds is 16. The molecule has 17 nitrogen and oxygen atoms in total. The third-order valence-electron chi connectivity index (χ3n) is 14.0. The molecule has 0 fully saturated rings. The fraction of sp³-hybridized carbons (Fsp3) is 0.0896. The first-order valence-corrected chi connectivity index (χ1v) is 26.9. The van der Waals surface area contributed by atoms with Crippen LogP contribution in [0.5, 0.6) is 34.5 Å². The van der Waals surface area contributed by atoms with Crippen molar-refractivity contribution >= 4 is 45.1 Å². The standard InChI is InChI=1S/C34H27FN4O4.C33H27N5O4/c1-22-32(34(41)39(25-11-7-4-8-12-25)38(22)21-23-9-5-3-6-10-23)33(40)37-24-13-16-31(28(35)19-24)43-30-17-18-36-29-20-26(42-2)14-15-27(29)30;1-22-31(33(40)38(24-11-7-4-8-12-24)37(22)21-23-9-5-3-6-10-23)32(39)36-30-16-14-26(20-35-30)42-29-17-18-34-28-19-25(41-2)13-15-27(28)29/h3-20H,21H2,1-2H3,(H,37,40);3-20H,21H2,1-2H3,(H,35,36,39). The van der Waals surface area contributed by atoms with Crippen LogP contribution in [0.1, 0.15) is 43.2 Å². The predicted molar refractivity (Wildman–Crippen MR) is 324 cm³/mol. The summed E-state index contributed by atoms with van der Waals surface area (Å²) in [5, 5.41) is 6.96. The van der Waals surface area contributed by atoms with Gasteiger partial charge in [0, 0.05) is 47.1 Å². The number of para-hydroxylation sites is 2. The van der Waals surface area contributed by atoms with Crippen LogP contribution in [0.4, 0.5) is 15.9 Å². The van der Waals surface area contributed by atoms with Gasteiger partial charge in [0.2, 0.25) is 0 Å². The van der Waals surface area contributed by atoms with E-state index in [0.717, 1.165) is 28.1 Å². The van der Waals surface area contributed by atoms with Gasteiger partial charge in [-0.25, -0.2) is 18.7 Å². The van der Waals surface area contributed by atoms with Crippen LogP contribution in [0.15, 0.2) is 228 Å². The molecule has 0 aliphatic heterocycles. The van der Waals surface area contributed by atoms with Crippen molar-refractivity contribution in [2.24, 2.45) is 0 Å². The molecule has 2 N–H and O–H groups in total. The average Bonchev–Trinajstić information content (AvgIpc) is 3.28. The van der Waals surface area contributed by atoms with E-state index in [9.17, 15) is 19.2 Å². The Morgan fingerprint density at radius 1 is 0.482 bits per heavy atom. The maximum Gasteiger partial charge on any atom is 0.284 e. The molecule has 0 radical (unpaired) electrons. The van der Waals surface area contributed by atoms with Gasteiger partial charge in [-0.1, -0.05) is 97.1 Å². The lowest BCUT2D eigenvalue weighted by Gasteiger charge is -2.14. The number of carbonyl (C=O) groups is 2. The third-order valence-corrected chi connectivity index (χ3v) is 14.0. The van der Waals surface area contributed by atoms with Crippen molar-refractivity contribution in [2.45, 2.75) is 26.9 Å². The predicted octanol–water partition coefficient (Wildman–Crippen LogP) is 12.7. The van der Waals surface area contributed by atoms with Gasteiger partial charge in [-0.05, 0) is 110 Å². The lowest BCUT2D eigenvalue weighted by Crippen LogP contribution is -2.26. The number of anilines is 2. The van der Waals surface area contributed by atoms with Gasteiger partial charge >= 0.3 is 0 Å². The summed E-state index contributed by atoms with van der Waals surface area (Å²) in [4.78, 5) is 67.3. The van der Waals surface area contributed by atoms with Crippen LogP contribution in [0.3, 0.4) is 0 Å². The Labute approximate surface area is 486 Å². The van der Waals surface area contributed by atoms with E-state index in [1.165, 1.54) is 27.7 Å². The smallest absolute Gasteiger partial charge is 0.284 e. The summed E-state index contributed by atoms with van der Waals surface area (Å²) in [7, 11) is 3.17. The van der Waals surface area contributed by atoms with E-state index in [-0.39, 0.29) is 28.4 Å². The zero-order valence-corrected chi connectivity index (χ0v) is 46.5. The van der Waals surface area contributed by atoms with Crippen molar-refractivity contribution in [3.05, 3.63) is 279 Å². The fourth-order valence-electron chi connectivity index (χ4n) is 9.79. The van der Waals surface area contributed by atoms with Crippen LogP contribution < -0.4 is 40.7 Å². The van der Waals surface area contributed by atoms with Crippen molar-refractivity contribution in [3.8, 4) is 45.9 Å². The van der Waals surface area contributed by atoms with Crippen molar-refractivity contribution in [1.82, 2.24) is 33.7 Å². The molecule has 0 saturated carbocycles. The van der Waals surface area contributed by atoms with Crippen LogP contribution in [0.2, 0.25) is 0 Å². The lowest BCUT2D eigenvalue weighted by atomic mass is 10.2. The van der Waals surface area contributed by atoms with Crippen molar-refractivity contribution in [3.63, 3.8) is 0 Å². The number of aromatic nitrogens is 7. The van der Waals surface area contributed by atoms with Crippen LogP contribution in [0.25, 0.3) is 33.2 Å². The molecule has 85 heavy (non-hydrogen) atoms. The van der Waals surface area contributed by atoms with Gasteiger partial charge in [-0.15, -0.1) is 0 Å². The monoisotopic (exact) mass is 1130 g/mol. The topological polar surface area (TPSA) is 188 Å². The Bertz CT molecular complexity index is 4510. The molecule has 0 bridgehead atoms. The molecular weight excluding hydrogens is 1080 g/mol. The quantitative estimate of drug-likeness (QED) is 0.0937. The third kappa shape index (κ3) is 12.0. The second-order valence-electron chi connectivity index (χ2n) is 19.4. The number of carbonyl (C=O) groups excluding carboxylic acids is 2. The Balaban J connectivity index is 0.000000177. The highest BCUT2D eigenvalue weighted by Gasteiger charge is 2.26. The van der Waals surface area contributed by atoms with E-state index in [4.69, 9.17) is 18.9 Å². The molecule has 2 amide bonds. The number of hydrogen-bond acceptors (Lipinski definition) is 11. The van der Waals surface area contributed by atoms with E-state index >= 15 is 4.39 Å². The summed E-state index contributed by atoms with van der Waals surface area (Å²) >= 11 is 0. The van der Waals surface area contributed by atoms with Gasteiger partial charge in [-0.2, -0.15) is 0 Å². The highest BCUT2D eigenvalue weighted by molar-refractivity contribution is 6.05. The molecule has 18 heteroatoms. The Kier molecular flexibility index (Phi) is 16.2. The normalized spacial score (nSPS) is 10.9. The molecular formula is C67H54FN9O8. The molecule has 12 aromatic rings. The zero-order chi connectivity index (χ0) is 59.0. The largest absolute Gasteiger partial charge is 0.497 e. The Hall–Kier alpha value is -11.4. The minimum atomic E-state index is -0.684. The lowest BCUT2D eigenvalue weighted by molar-refractivity contribution is 0.101. The molecule has 0 spiro atoms. The number of hydrogen-bond donors (Lipinski definition) is 2. The van der Waals surface area contributed by atoms with Gasteiger partial charge < -0.3 is 29.6 Å². The van der Waals surface area contributed by atoms with Crippen molar-refractivity contribution in [1.29, 1.82) is 0 Å². The SMILES string of the molecule is COc1ccc2c(Oc3ccc(NC(=O)c4c(C)n(Cc5ccccc5)n(-c5ccccc5)c4=O)cc3F)ccnc2c1.COc1ccc2c(Oc3ccc(NC(=O)c4c(C)n(Cc5ccccc5)n(-c5ccccc5)c4=O)nc3)ccnc2c1. The maximum atomic E-state index is 15.2. The van der Waals surface area contributed by atoms with E-state index < -0.39 is 28.8 Å². The number of halogens is 1. The van der Waals surface area contributed by atoms with E-state index in [2.05, 4.69) is 25.6 Å². The summed E-state index contributed by atoms with van der Waals surface area (Å²) in [6, 6.07) is 59.6. The summed E-state index contributed by atoms with van der Waals surface area (Å²) < 4.78 is 44.3. The fourth-order valence-corrected chi connectivity index (χ4v) is 9.79. The molecule has 12 rings (SSSR count). The number of amides is 2. The highest BCUT2D eigenvalue weighted by Crippen LogP contribution is 2.34. The summed E-state index contributed by atoms with van der Waals surface area (Å²) in [5.74, 6) is 1.25. The second kappa shape index (κ2) is 24.8. The second-order valence-corrected chi connectivity index (χ2v) is 19.4. The zero-order valence-electron chi connectivity index (χ0n) is 46.5. The van der Waals surface area contributed by atoms with Gasteiger partial charge in [0.25, 0.3) is 22.9 Å². The Morgan fingerprint density at radius 2 is 0.941 bits per heavy atom. The summed E-state index contributed by atoms with van der Waals surface area (Å²) in [5.41, 5.74) is 4.99. The van der Waals surface area contributed by atoms with E-state index in [1.807, 2.05) is 132 Å². The molecule has 422 valence electrons. The molecule has 0 unspecified atom stereocenters. The average molecular weight is 1130 g/mol. The minimum absolute atomic E-state index is 0.0285. The van der Waals surface area contributed by atoms with Crippen LogP contribution in [-0.2, 0) is 13.1 Å². The molecule has 5 aromatic heterocycles. The molecule has 5 heterocycles. The number of methoxy groups -OCH3 is 2. The van der Waals surface area contributed by atoms with Crippen LogP contribution in [0, 0.1) is 19.7 Å².